The van der Waals surface area contributed by atoms with Crippen LogP contribution >= 0.6 is 0 Å². The number of anilines is 1. The lowest BCUT2D eigenvalue weighted by atomic mass is 10.1. The van der Waals surface area contributed by atoms with E-state index >= 15 is 0 Å². The molecule has 0 aliphatic carbocycles. The largest absolute Gasteiger partial charge is 0.454 e. The Bertz CT molecular complexity index is 600. The summed E-state index contributed by atoms with van der Waals surface area (Å²) < 4.78 is 10.6. The van der Waals surface area contributed by atoms with E-state index in [4.69, 9.17) is 9.47 Å². The van der Waals surface area contributed by atoms with Crippen molar-refractivity contribution in [2.75, 3.05) is 24.8 Å². The number of amides is 2. The summed E-state index contributed by atoms with van der Waals surface area (Å²) in [5.74, 6) is 1.33. The third-order valence-electron chi connectivity index (χ3n) is 3.85. The van der Waals surface area contributed by atoms with Gasteiger partial charge in [0.15, 0.2) is 11.5 Å². The minimum absolute atomic E-state index is 0.0384. The second kappa shape index (κ2) is 5.87. The lowest BCUT2D eigenvalue weighted by Crippen LogP contribution is -2.34. The molecular weight excluding hydrogens is 284 g/mol. The summed E-state index contributed by atoms with van der Waals surface area (Å²) in [7, 11) is 0. The van der Waals surface area contributed by atoms with Gasteiger partial charge in [-0.25, -0.2) is 0 Å². The fourth-order valence-corrected chi connectivity index (χ4v) is 2.63. The molecule has 6 heteroatoms. The van der Waals surface area contributed by atoms with E-state index in [1.807, 2.05) is 19.9 Å². The number of hydrogen-bond donors (Lipinski definition) is 1. The van der Waals surface area contributed by atoms with Crippen molar-refractivity contribution in [2.45, 2.75) is 20.3 Å². The predicted octanol–water partition coefficient (Wildman–Crippen LogP) is 1.54. The van der Waals surface area contributed by atoms with Gasteiger partial charge in [-0.3, -0.25) is 9.59 Å². The first kappa shape index (κ1) is 14.7. The van der Waals surface area contributed by atoms with Crippen molar-refractivity contribution in [3.05, 3.63) is 18.2 Å². The third-order valence-corrected chi connectivity index (χ3v) is 3.85. The van der Waals surface area contributed by atoms with Crippen molar-refractivity contribution < 1.29 is 19.1 Å². The minimum Gasteiger partial charge on any atom is -0.454 e. The number of hydrogen-bond acceptors (Lipinski definition) is 4. The summed E-state index contributed by atoms with van der Waals surface area (Å²) in [5.41, 5.74) is 0.744. The van der Waals surface area contributed by atoms with E-state index in [2.05, 4.69) is 5.32 Å². The molecule has 1 saturated heterocycles. The highest BCUT2D eigenvalue weighted by molar-refractivity contribution is 6.00. The molecule has 0 saturated carbocycles. The maximum absolute atomic E-state index is 12.2. The molecule has 0 radical (unpaired) electrons. The zero-order valence-electron chi connectivity index (χ0n) is 12.8. The standard InChI is InChI=1S/C16H20N2O4/c1-10(2)7-17-16(20)11-5-15(19)18(8-11)12-3-4-13-14(6-12)22-9-21-13/h3-4,6,10-11H,5,7-9H2,1-2H3,(H,17,20). The number of rotatable bonds is 4. The lowest BCUT2D eigenvalue weighted by molar-refractivity contribution is -0.126. The zero-order chi connectivity index (χ0) is 15.7. The van der Waals surface area contributed by atoms with Gasteiger partial charge in [0, 0.05) is 31.3 Å². The summed E-state index contributed by atoms with van der Waals surface area (Å²) in [6, 6.07) is 5.39. The molecule has 6 nitrogen and oxygen atoms in total. The van der Waals surface area contributed by atoms with Gasteiger partial charge in [-0.15, -0.1) is 0 Å². The molecule has 1 aromatic carbocycles. The van der Waals surface area contributed by atoms with Crippen molar-refractivity contribution in [1.29, 1.82) is 0 Å². The fraction of sp³-hybridized carbons (Fsp3) is 0.500. The Kier molecular flexibility index (Phi) is 3.92. The van der Waals surface area contributed by atoms with Gasteiger partial charge >= 0.3 is 0 Å². The van der Waals surface area contributed by atoms with Crippen molar-refractivity contribution in [1.82, 2.24) is 5.32 Å². The molecule has 2 amide bonds. The molecule has 1 aromatic rings. The first-order valence-electron chi connectivity index (χ1n) is 7.52. The smallest absolute Gasteiger partial charge is 0.231 e. The van der Waals surface area contributed by atoms with Gasteiger partial charge in [0.25, 0.3) is 0 Å². The predicted molar refractivity (Wildman–Crippen MR) is 80.9 cm³/mol. The van der Waals surface area contributed by atoms with Gasteiger partial charge in [-0.1, -0.05) is 13.8 Å². The molecule has 2 aliphatic rings. The number of nitrogens with one attached hydrogen (secondary N) is 1. The number of fused-ring (bicyclic) bond motifs is 1. The first-order valence-corrected chi connectivity index (χ1v) is 7.52. The second-order valence-corrected chi connectivity index (χ2v) is 6.08. The van der Waals surface area contributed by atoms with Gasteiger partial charge in [-0.2, -0.15) is 0 Å². The summed E-state index contributed by atoms with van der Waals surface area (Å²) >= 11 is 0. The quantitative estimate of drug-likeness (QED) is 0.916. The highest BCUT2D eigenvalue weighted by Crippen LogP contribution is 2.37. The average Bonchev–Trinajstić information content (AvgIpc) is 3.10. The van der Waals surface area contributed by atoms with Crippen LogP contribution in [0.1, 0.15) is 20.3 Å². The zero-order valence-corrected chi connectivity index (χ0v) is 12.8. The maximum atomic E-state index is 12.2. The molecule has 1 fully saturated rings. The molecular formula is C16H20N2O4. The molecule has 0 aromatic heterocycles. The Balaban J connectivity index is 1.68. The van der Waals surface area contributed by atoms with E-state index in [0.29, 0.717) is 30.5 Å². The van der Waals surface area contributed by atoms with Crippen molar-refractivity contribution in [2.24, 2.45) is 11.8 Å². The van der Waals surface area contributed by atoms with Gasteiger partial charge in [0.05, 0.1) is 5.92 Å². The summed E-state index contributed by atoms with van der Waals surface area (Å²) in [6.07, 6.45) is 0.248. The van der Waals surface area contributed by atoms with E-state index in [-0.39, 0.29) is 30.9 Å². The Labute approximate surface area is 129 Å². The Hall–Kier alpha value is -2.24. The van der Waals surface area contributed by atoms with Crippen LogP contribution in [0.25, 0.3) is 0 Å². The van der Waals surface area contributed by atoms with E-state index in [9.17, 15) is 9.59 Å². The maximum Gasteiger partial charge on any atom is 0.231 e. The van der Waals surface area contributed by atoms with Crippen LogP contribution in [0.5, 0.6) is 11.5 Å². The summed E-state index contributed by atoms with van der Waals surface area (Å²) in [4.78, 5) is 26.0. The number of carbonyl (C=O) groups is 2. The summed E-state index contributed by atoms with van der Waals surface area (Å²) in [5, 5.41) is 2.90. The number of carbonyl (C=O) groups excluding carboxylic acids is 2. The van der Waals surface area contributed by atoms with Gasteiger partial charge in [0.2, 0.25) is 18.6 Å². The molecule has 0 spiro atoms. The topological polar surface area (TPSA) is 67.9 Å². The molecule has 118 valence electrons. The van der Waals surface area contributed by atoms with Crippen molar-refractivity contribution in [3.63, 3.8) is 0 Å². The Morgan fingerprint density at radius 1 is 1.36 bits per heavy atom. The number of nitrogens with zero attached hydrogens (tertiary/aromatic N) is 1. The highest BCUT2D eigenvalue weighted by atomic mass is 16.7. The summed E-state index contributed by atoms with van der Waals surface area (Å²) in [6.45, 7) is 5.32. The van der Waals surface area contributed by atoms with Gasteiger partial charge in [-0.05, 0) is 18.1 Å². The molecule has 3 rings (SSSR count). The highest BCUT2D eigenvalue weighted by Gasteiger charge is 2.35. The van der Waals surface area contributed by atoms with Crippen LogP contribution in [-0.2, 0) is 9.59 Å². The van der Waals surface area contributed by atoms with Crippen LogP contribution in [-0.4, -0.2) is 31.7 Å². The number of benzene rings is 1. The average molecular weight is 304 g/mol. The second-order valence-electron chi connectivity index (χ2n) is 6.08. The van der Waals surface area contributed by atoms with E-state index in [1.54, 1.807) is 17.0 Å². The molecule has 0 bridgehead atoms. The Morgan fingerprint density at radius 3 is 2.91 bits per heavy atom. The van der Waals surface area contributed by atoms with Crippen LogP contribution < -0.4 is 19.7 Å². The fourth-order valence-electron chi connectivity index (χ4n) is 2.63. The van der Waals surface area contributed by atoms with Crippen LogP contribution in [0.15, 0.2) is 18.2 Å². The Morgan fingerprint density at radius 2 is 2.14 bits per heavy atom. The van der Waals surface area contributed by atoms with Crippen molar-refractivity contribution >= 4 is 17.5 Å². The molecule has 2 heterocycles. The molecule has 22 heavy (non-hydrogen) atoms. The SMILES string of the molecule is CC(C)CNC(=O)C1CC(=O)N(c2ccc3c(c2)OCO3)C1. The van der Waals surface area contributed by atoms with Crippen molar-refractivity contribution in [3.8, 4) is 11.5 Å². The number of ether oxygens (including phenoxy) is 2. The lowest BCUT2D eigenvalue weighted by Gasteiger charge is -2.17. The normalized spacial score (nSPS) is 19.9. The van der Waals surface area contributed by atoms with E-state index < -0.39 is 0 Å². The van der Waals surface area contributed by atoms with Gasteiger partial charge < -0.3 is 19.7 Å². The molecule has 2 aliphatic heterocycles. The van der Waals surface area contributed by atoms with E-state index in [0.717, 1.165) is 5.69 Å². The van der Waals surface area contributed by atoms with Crippen LogP contribution in [0.4, 0.5) is 5.69 Å². The van der Waals surface area contributed by atoms with Crippen LogP contribution in [0.3, 0.4) is 0 Å². The van der Waals surface area contributed by atoms with Gasteiger partial charge in [0.1, 0.15) is 0 Å². The monoisotopic (exact) mass is 304 g/mol. The molecule has 1 unspecified atom stereocenters. The minimum atomic E-state index is -0.295. The third kappa shape index (κ3) is 2.86. The first-order chi connectivity index (χ1) is 10.5. The van der Waals surface area contributed by atoms with Crippen LogP contribution in [0, 0.1) is 11.8 Å². The van der Waals surface area contributed by atoms with E-state index in [1.165, 1.54) is 0 Å². The molecule has 1 N–H and O–H groups in total. The van der Waals surface area contributed by atoms with Crippen LogP contribution in [0.2, 0.25) is 0 Å². The molecule has 1 atom stereocenters.